The maximum Gasteiger partial charge on any atom is 0.0410 e. The van der Waals surface area contributed by atoms with Crippen molar-refractivity contribution in [2.24, 2.45) is 0 Å². The molecule has 0 amide bonds. The van der Waals surface area contributed by atoms with E-state index < -0.39 is 0 Å². The predicted octanol–water partition coefficient (Wildman–Crippen LogP) is 3.83. The van der Waals surface area contributed by atoms with Crippen LogP contribution in [0.2, 0.25) is 0 Å². The van der Waals surface area contributed by atoms with Gasteiger partial charge < -0.3 is 5.32 Å². The average Bonchev–Trinajstić information content (AvgIpc) is 2.44. The van der Waals surface area contributed by atoms with Crippen LogP contribution in [0.15, 0.2) is 41.4 Å². The van der Waals surface area contributed by atoms with Crippen LogP contribution in [0.25, 0.3) is 0 Å². The molecule has 20 heavy (non-hydrogen) atoms. The second kappa shape index (κ2) is 7.50. The van der Waals surface area contributed by atoms with E-state index in [1.54, 1.807) is 0 Å². The lowest BCUT2D eigenvalue weighted by Crippen LogP contribution is -2.25. The van der Waals surface area contributed by atoms with Gasteiger partial charge in [0.15, 0.2) is 0 Å². The molecule has 0 aromatic carbocycles. The highest BCUT2D eigenvalue weighted by Crippen LogP contribution is 2.22. The number of nitrogens with zero attached hydrogens (tertiary/aromatic N) is 2. The number of aryl methyl sites for hydroxylation is 1. The Hall–Kier alpha value is -1.26. The lowest BCUT2D eigenvalue weighted by molar-refractivity contribution is 0.526. The number of hydrogen-bond donors (Lipinski definition) is 1. The van der Waals surface area contributed by atoms with Gasteiger partial charge in [0, 0.05) is 35.3 Å². The van der Waals surface area contributed by atoms with E-state index in [1.807, 2.05) is 24.8 Å². The summed E-state index contributed by atoms with van der Waals surface area (Å²) in [7, 11) is 0. The van der Waals surface area contributed by atoms with Crippen molar-refractivity contribution in [3.05, 3.63) is 58.1 Å². The Kier molecular flexibility index (Phi) is 5.68. The molecular formula is C16H20BrN3. The molecule has 1 unspecified atom stereocenters. The van der Waals surface area contributed by atoms with E-state index in [-0.39, 0.29) is 0 Å². The van der Waals surface area contributed by atoms with Crippen molar-refractivity contribution >= 4 is 15.9 Å². The molecule has 0 saturated heterocycles. The summed E-state index contributed by atoms with van der Waals surface area (Å²) in [6.45, 7) is 5.31. The fourth-order valence-corrected chi connectivity index (χ4v) is 2.70. The van der Waals surface area contributed by atoms with Crippen molar-refractivity contribution in [3.63, 3.8) is 0 Å². The first-order chi connectivity index (χ1) is 9.70. The van der Waals surface area contributed by atoms with E-state index in [2.05, 4.69) is 57.2 Å². The summed E-state index contributed by atoms with van der Waals surface area (Å²) in [4.78, 5) is 8.43. The molecule has 0 radical (unpaired) electrons. The highest BCUT2D eigenvalue weighted by Gasteiger charge is 2.14. The molecule has 106 valence electrons. The molecule has 1 atom stereocenters. The van der Waals surface area contributed by atoms with Gasteiger partial charge in [-0.15, -0.1) is 0 Å². The van der Waals surface area contributed by atoms with Crippen LogP contribution >= 0.6 is 15.9 Å². The van der Waals surface area contributed by atoms with Gasteiger partial charge in [0.25, 0.3) is 0 Å². The first-order valence-electron chi connectivity index (χ1n) is 6.94. The highest BCUT2D eigenvalue weighted by molar-refractivity contribution is 9.10. The Morgan fingerprint density at radius 2 is 2.10 bits per heavy atom. The molecule has 4 heteroatoms. The summed E-state index contributed by atoms with van der Waals surface area (Å²) in [6.07, 6.45) is 9.59. The number of hydrogen-bond acceptors (Lipinski definition) is 3. The molecule has 0 aliphatic carbocycles. The first kappa shape index (κ1) is 15.1. The second-order valence-electron chi connectivity index (χ2n) is 4.95. The van der Waals surface area contributed by atoms with Crippen molar-refractivity contribution in [1.82, 2.24) is 15.3 Å². The summed E-state index contributed by atoms with van der Waals surface area (Å²) in [5.41, 5.74) is 3.77. The number of halogens is 1. The minimum Gasteiger partial charge on any atom is -0.310 e. The van der Waals surface area contributed by atoms with Gasteiger partial charge in [-0.25, -0.2) is 0 Å². The van der Waals surface area contributed by atoms with E-state index >= 15 is 0 Å². The smallest absolute Gasteiger partial charge is 0.0410 e. The zero-order valence-corrected chi connectivity index (χ0v) is 13.5. The van der Waals surface area contributed by atoms with Crippen LogP contribution in [0.1, 0.15) is 36.1 Å². The van der Waals surface area contributed by atoms with Crippen LogP contribution < -0.4 is 5.32 Å². The lowest BCUT2D eigenvalue weighted by atomic mass is 9.97. The Labute approximate surface area is 129 Å². The van der Waals surface area contributed by atoms with E-state index in [0.29, 0.717) is 6.04 Å². The summed E-state index contributed by atoms with van der Waals surface area (Å²) in [5.74, 6) is 0. The molecule has 0 aliphatic rings. The fourth-order valence-electron chi connectivity index (χ4n) is 2.29. The SMILES string of the molecule is CCCNC(Cc1cncc(Br)c1)c1ccncc1C. The Morgan fingerprint density at radius 3 is 2.80 bits per heavy atom. The summed E-state index contributed by atoms with van der Waals surface area (Å²) in [5, 5.41) is 3.62. The van der Waals surface area contributed by atoms with Gasteiger partial charge in [-0.05, 0) is 71.1 Å². The minimum absolute atomic E-state index is 0.300. The maximum atomic E-state index is 4.25. The number of nitrogens with one attached hydrogen (secondary N) is 1. The van der Waals surface area contributed by atoms with E-state index in [0.717, 1.165) is 23.9 Å². The zero-order valence-electron chi connectivity index (χ0n) is 11.9. The fraction of sp³-hybridized carbons (Fsp3) is 0.375. The zero-order chi connectivity index (χ0) is 14.4. The maximum absolute atomic E-state index is 4.25. The van der Waals surface area contributed by atoms with Crippen molar-refractivity contribution in [3.8, 4) is 0 Å². The molecule has 0 saturated carbocycles. The number of rotatable bonds is 6. The van der Waals surface area contributed by atoms with Crippen molar-refractivity contribution in [2.75, 3.05) is 6.54 Å². The summed E-state index contributed by atoms with van der Waals surface area (Å²) in [6, 6.07) is 4.53. The minimum atomic E-state index is 0.300. The molecule has 2 aromatic heterocycles. The molecule has 0 bridgehead atoms. The van der Waals surface area contributed by atoms with Gasteiger partial charge in [-0.1, -0.05) is 6.92 Å². The van der Waals surface area contributed by atoms with Gasteiger partial charge in [0.2, 0.25) is 0 Å². The van der Waals surface area contributed by atoms with Gasteiger partial charge in [0.1, 0.15) is 0 Å². The molecular weight excluding hydrogens is 314 g/mol. The molecule has 2 heterocycles. The van der Waals surface area contributed by atoms with Crippen molar-refractivity contribution < 1.29 is 0 Å². The number of pyridine rings is 2. The van der Waals surface area contributed by atoms with Crippen molar-refractivity contribution in [1.29, 1.82) is 0 Å². The van der Waals surface area contributed by atoms with Crippen LogP contribution in [0.5, 0.6) is 0 Å². The summed E-state index contributed by atoms with van der Waals surface area (Å²) < 4.78 is 1.02. The standard InChI is InChI=1S/C16H20BrN3/c1-3-5-20-16(15-4-6-18-9-12(15)2)8-13-7-14(17)11-19-10-13/h4,6-7,9-11,16,20H,3,5,8H2,1-2H3. The average molecular weight is 334 g/mol. The third-order valence-corrected chi connectivity index (χ3v) is 3.71. The molecule has 0 spiro atoms. The van der Waals surface area contributed by atoms with Gasteiger partial charge >= 0.3 is 0 Å². The molecule has 3 nitrogen and oxygen atoms in total. The highest BCUT2D eigenvalue weighted by atomic mass is 79.9. The van der Waals surface area contributed by atoms with Gasteiger partial charge in [-0.3, -0.25) is 9.97 Å². The monoisotopic (exact) mass is 333 g/mol. The molecule has 0 fully saturated rings. The Bertz CT molecular complexity index is 557. The largest absolute Gasteiger partial charge is 0.310 e. The Balaban J connectivity index is 2.22. The third kappa shape index (κ3) is 4.12. The van der Waals surface area contributed by atoms with Crippen LogP contribution in [0.3, 0.4) is 0 Å². The molecule has 2 aromatic rings. The topological polar surface area (TPSA) is 37.8 Å². The van der Waals surface area contributed by atoms with Crippen LogP contribution in [0.4, 0.5) is 0 Å². The van der Waals surface area contributed by atoms with Crippen LogP contribution in [-0.2, 0) is 6.42 Å². The lowest BCUT2D eigenvalue weighted by Gasteiger charge is -2.20. The van der Waals surface area contributed by atoms with E-state index in [1.165, 1.54) is 16.7 Å². The summed E-state index contributed by atoms with van der Waals surface area (Å²) >= 11 is 3.48. The van der Waals surface area contributed by atoms with Crippen LogP contribution in [-0.4, -0.2) is 16.5 Å². The van der Waals surface area contributed by atoms with Crippen molar-refractivity contribution in [2.45, 2.75) is 32.7 Å². The predicted molar refractivity (Wildman–Crippen MR) is 85.6 cm³/mol. The number of aromatic nitrogens is 2. The second-order valence-corrected chi connectivity index (χ2v) is 5.87. The van der Waals surface area contributed by atoms with E-state index in [9.17, 15) is 0 Å². The Morgan fingerprint density at radius 1 is 1.25 bits per heavy atom. The third-order valence-electron chi connectivity index (χ3n) is 3.28. The van der Waals surface area contributed by atoms with Crippen LogP contribution in [0, 0.1) is 6.92 Å². The molecule has 0 aliphatic heterocycles. The first-order valence-corrected chi connectivity index (χ1v) is 7.73. The quantitative estimate of drug-likeness (QED) is 0.872. The normalized spacial score (nSPS) is 12.3. The molecule has 1 N–H and O–H groups in total. The van der Waals surface area contributed by atoms with E-state index in [4.69, 9.17) is 0 Å². The van der Waals surface area contributed by atoms with Gasteiger partial charge in [0.05, 0.1) is 0 Å². The van der Waals surface area contributed by atoms with Gasteiger partial charge in [-0.2, -0.15) is 0 Å². The molecule has 2 rings (SSSR count).